The normalized spacial score (nSPS) is 10.0. The third kappa shape index (κ3) is 1.62. The van der Waals surface area contributed by atoms with E-state index in [-0.39, 0.29) is 5.69 Å². The number of nitrogens with zero attached hydrogens (tertiary/aromatic N) is 2. The first-order chi connectivity index (χ1) is 6.77. The Kier molecular flexibility index (Phi) is 2.24. The minimum Gasteiger partial charge on any atom is -0.295 e. The summed E-state index contributed by atoms with van der Waals surface area (Å²) >= 11 is 4.78. The molecule has 0 aliphatic rings. The van der Waals surface area contributed by atoms with E-state index in [0.717, 1.165) is 0 Å². The van der Waals surface area contributed by atoms with E-state index in [9.17, 15) is 4.79 Å². The summed E-state index contributed by atoms with van der Waals surface area (Å²) in [5.74, 6) is 0. The van der Waals surface area contributed by atoms with Crippen molar-refractivity contribution in [3.8, 4) is 5.69 Å². The fourth-order valence-electron chi connectivity index (χ4n) is 1.11. The smallest absolute Gasteiger partial charge is 0.295 e. The second-order valence-electron chi connectivity index (χ2n) is 2.69. The van der Waals surface area contributed by atoms with Crippen LogP contribution in [0.25, 0.3) is 5.69 Å². The molecule has 0 aliphatic heterocycles. The molecule has 0 saturated carbocycles. The molecular weight excluding hydrogens is 198 g/mol. The average molecular weight is 205 g/mol. The fourth-order valence-corrected chi connectivity index (χ4v) is 1.24. The Balaban J connectivity index is 2.64. The van der Waals surface area contributed by atoms with E-state index in [1.807, 2.05) is 18.2 Å². The SMILES string of the molecule is O=c1[nH]c(=S)cnn1-c1ccccc1. The Morgan fingerprint density at radius 2 is 2.00 bits per heavy atom. The molecule has 1 aromatic carbocycles. The van der Waals surface area contributed by atoms with Crippen molar-refractivity contribution in [2.45, 2.75) is 0 Å². The van der Waals surface area contributed by atoms with Gasteiger partial charge in [0.25, 0.3) is 0 Å². The monoisotopic (exact) mass is 205 g/mol. The zero-order chi connectivity index (χ0) is 9.97. The molecule has 5 heteroatoms. The van der Waals surface area contributed by atoms with Crippen molar-refractivity contribution in [2.24, 2.45) is 0 Å². The quantitative estimate of drug-likeness (QED) is 0.714. The molecule has 2 aromatic rings. The van der Waals surface area contributed by atoms with Crippen molar-refractivity contribution in [3.63, 3.8) is 0 Å². The van der Waals surface area contributed by atoms with Gasteiger partial charge < -0.3 is 0 Å². The van der Waals surface area contributed by atoms with E-state index in [2.05, 4.69) is 10.1 Å². The third-order valence-corrected chi connectivity index (χ3v) is 1.92. The first-order valence-electron chi connectivity index (χ1n) is 4.01. The van der Waals surface area contributed by atoms with Crippen LogP contribution in [0.2, 0.25) is 0 Å². The van der Waals surface area contributed by atoms with Crippen LogP contribution in [0.1, 0.15) is 0 Å². The number of para-hydroxylation sites is 1. The van der Waals surface area contributed by atoms with Crippen LogP contribution in [0.3, 0.4) is 0 Å². The summed E-state index contributed by atoms with van der Waals surface area (Å²) in [6.07, 6.45) is 1.43. The molecule has 0 unspecified atom stereocenters. The van der Waals surface area contributed by atoms with Crippen molar-refractivity contribution in [2.75, 3.05) is 0 Å². The molecule has 0 saturated heterocycles. The molecule has 4 nitrogen and oxygen atoms in total. The lowest BCUT2D eigenvalue weighted by atomic mass is 10.3. The van der Waals surface area contributed by atoms with Gasteiger partial charge in [-0.1, -0.05) is 30.4 Å². The van der Waals surface area contributed by atoms with E-state index >= 15 is 0 Å². The van der Waals surface area contributed by atoms with Gasteiger partial charge >= 0.3 is 5.69 Å². The molecule has 0 aliphatic carbocycles. The molecule has 1 N–H and O–H groups in total. The summed E-state index contributed by atoms with van der Waals surface area (Å²) < 4.78 is 1.60. The lowest BCUT2D eigenvalue weighted by molar-refractivity contribution is 0.757. The molecule has 0 fully saturated rings. The summed E-state index contributed by atoms with van der Waals surface area (Å²) in [5, 5.41) is 3.92. The van der Waals surface area contributed by atoms with E-state index in [1.54, 1.807) is 12.1 Å². The number of nitrogens with one attached hydrogen (secondary N) is 1. The molecule has 0 amide bonds. The number of hydrogen-bond donors (Lipinski definition) is 1. The zero-order valence-electron chi connectivity index (χ0n) is 7.18. The molecule has 0 bridgehead atoms. The highest BCUT2D eigenvalue weighted by Crippen LogP contribution is 2.00. The minimum absolute atomic E-state index is 0.330. The maximum absolute atomic E-state index is 11.4. The van der Waals surface area contributed by atoms with Crippen LogP contribution >= 0.6 is 12.2 Å². The van der Waals surface area contributed by atoms with Gasteiger partial charge in [-0.2, -0.15) is 9.78 Å². The van der Waals surface area contributed by atoms with Crippen LogP contribution in [-0.2, 0) is 0 Å². The molecule has 70 valence electrons. The van der Waals surface area contributed by atoms with E-state index in [0.29, 0.717) is 10.3 Å². The number of hydrogen-bond acceptors (Lipinski definition) is 3. The van der Waals surface area contributed by atoms with Gasteiger partial charge in [0.05, 0.1) is 11.9 Å². The Morgan fingerprint density at radius 3 is 2.64 bits per heavy atom. The maximum atomic E-state index is 11.4. The highest BCUT2D eigenvalue weighted by atomic mass is 32.1. The molecule has 0 atom stereocenters. The van der Waals surface area contributed by atoms with Crippen LogP contribution in [0, 0.1) is 4.64 Å². The Hall–Kier alpha value is -1.75. The largest absolute Gasteiger partial charge is 0.347 e. The first-order valence-corrected chi connectivity index (χ1v) is 4.42. The van der Waals surface area contributed by atoms with Crippen molar-refractivity contribution < 1.29 is 0 Å². The van der Waals surface area contributed by atoms with Crippen LogP contribution in [0.5, 0.6) is 0 Å². The lowest BCUT2D eigenvalue weighted by Gasteiger charge is -2.01. The van der Waals surface area contributed by atoms with Crippen LogP contribution < -0.4 is 5.69 Å². The van der Waals surface area contributed by atoms with Gasteiger partial charge in [-0.3, -0.25) is 4.98 Å². The van der Waals surface area contributed by atoms with Crippen LogP contribution in [0.15, 0.2) is 41.3 Å². The van der Waals surface area contributed by atoms with Gasteiger partial charge in [0.1, 0.15) is 4.64 Å². The molecule has 1 heterocycles. The maximum Gasteiger partial charge on any atom is 0.347 e. The summed E-state index contributed by atoms with van der Waals surface area (Å²) in [5.41, 5.74) is 0.382. The van der Waals surface area contributed by atoms with E-state index in [1.165, 1.54) is 10.9 Å². The number of rotatable bonds is 1. The average Bonchev–Trinajstić information content (AvgIpc) is 2.19. The molecule has 0 spiro atoms. The summed E-state index contributed by atoms with van der Waals surface area (Å²) in [7, 11) is 0. The Bertz CT molecular complexity index is 544. The number of aromatic amines is 1. The zero-order valence-corrected chi connectivity index (χ0v) is 7.99. The molecule has 2 rings (SSSR count). The minimum atomic E-state index is -0.330. The van der Waals surface area contributed by atoms with Crippen molar-refractivity contribution in [1.82, 2.24) is 14.8 Å². The summed E-state index contributed by atoms with van der Waals surface area (Å²) in [6.45, 7) is 0. The van der Waals surface area contributed by atoms with E-state index < -0.39 is 0 Å². The molecule has 14 heavy (non-hydrogen) atoms. The van der Waals surface area contributed by atoms with Crippen molar-refractivity contribution in [3.05, 3.63) is 51.7 Å². The second-order valence-corrected chi connectivity index (χ2v) is 3.13. The van der Waals surface area contributed by atoms with Crippen LogP contribution in [0.4, 0.5) is 0 Å². The summed E-state index contributed by atoms with van der Waals surface area (Å²) in [6, 6.07) is 9.15. The molecular formula is C9H7N3OS. The van der Waals surface area contributed by atoms with Gasteiger partial charge in [0, 0.05) is 0 Å². The third-order valence-electron chi connectivity index (χ3n) is 1.71. The van der Waals surface area contributed by atoms with Gasteiger partial charge in [-0.05, 0) is 12.1 Å². The molecule has 0 radical (unpaired) electrons. The van der Waals surface area contributed by atoms with E-state index in [4.69, 9.17) is 12.2 Å². The topological polar surface area (TPSA) is 50.7 Å². The summed E-state index contributed by atoms with van der Waals surface area (Å²) in [4.78, 5) is 13.9. The second kappa shape index (κ2) is 3.55. The van der Waals surface area contributed by atoms with Gasteiger partial charge in [0.15, 0.2) is 0 Å². The number of aromatic nitrogens is 3. The van der Waals surface area contributed by atoms with Crippen LogP contribution in [-0.4, -0.2) is 14.8 Å². The number of H-pyrrole nitrogens is 1. The lowest BCUT2D eigenvalue weighted by Crippen LogP contribution is -2.23. The highest BCUT2D eigenvalue weighted by Gasteiger charge is 1.97. The Labute approximate surface area is 84.8 Å². The van der Waals surface area contributed by atoms with Crippen molar-refractivity contribution >= 4 is 12.2 Å². The standard InChI is InChI=1S/C9H7N3OS/c13-9-11-8(14)6-10-12(9)7-4-2-1-3-5-7/h1-6H,(H,11,13,14). The predicted octanol–water partition coefficient (Wildman–Crippen LogP) is 1.29. The first kappa shape index (κ1) is 8.83. The van der Waals surface area contributed by atoms with Gasteiger partial charge in [-0.15, -0.1) is 0 Å². The predicted molar refractivity (Wildman–Crippen MR) is 55.0 cm³/mol. The number of benzene rings is 1. The van der Waals surface area contributed by atoms with Crippen molar-refractivity contribution in [1.29, 1.82) is 0 Å². The fraction of sp³-hybridized carbons (Fsp3) is 0. The van der Waals surface area contributed by atoms with Gasteiger partial charge in [-0.25, -0.2) is 4.79 Å². The Morgan fingerprint density at radius 1 is 1.29 bits per heavy atom. The molecule has 1 aromatic heterocycles. The highest BCUT2D eigenvalue weighted by molar-refractivity contribution is 7.71. The van der Waals surface area contributed by atoms with Gasteiger partial charge in [0.2, 0.25) is 0 Å².